The van der Waals surface area contributed by atoms with Crippen molar-refractivity contribution in [3.05, 3.63) is 18.0 Å². The van der Waals surface area contributed by atoms with Crippen molar-refractivity contribution in [3.8, 4) is 11.5 Å². The quantitative estimate of drug-likeness (QED) is 0.808. The molecule has 0 spiro atoms. The van der Waals surface area contributed by atoms with E-state index in [2.05, 4.69) is 15.6 Å². The van der Waals surface area contributed by atoms with Crippen molar-refractivity contribution in [2.24, 2.45) is 0 Å². The van der Waals surface area contributed by atoms with Crippen LogP contribution in [-0.2, 0) is 0 Å². The topological polar surface area (TPSA) is 72.5 Å². The molecule has 3 atom stereocenters. The van der Waals surface area contributed by atoms with Gasteiger partial charge in [0.2, 0.25) is 6.79 Å². The summed E-state index contributed by atoms with van der Waals surface area (Å²) in [5, 5.41) is 6.55. The van der Waals surface area contributed by atoms with E-state index in [0.717, 1.165) is 12.8 Å². The Bertz CT molecular complexity index is 534. The molecule has 2 N–H and O–H groups in total. The number of pyridine rings is 1. The fourth-order valence-corrected chi connectivity index (χ4v) is 3.15. The average molecular weight is 261 g/mol. The Kier molecular flexibility index (Phi) is 2.38. The first-order valence-electron chi connectivity index (χ1n) is 6.62. The van der Waals surface area contributed by atoms with Gasteiger partial charge in [0, 0.05) is 24.2 Å². The lowest BCUT2D eigenvalue weighted by molar-refractivity contribution is 0.0925. The number of hydrogen-bond donors (Lipinski definition) is 2. The third kappa shape index (κ3) is 1.83. The number of fused-ring (bicyclic) bond motifs is 3. The second-order valence-electron chi connectivity index (χ2n) is 5.29. The van der Waals surface area contributed by atoms with E-state index in [1.807, 2.05) is 0 Å². The smallest absolute Gasteiger partial charge is 0.270 e. The predicted octanol–water partition coefficient (Wildman–Crippen LogP) is 0.433. The van der Waals surface area contributed by atoms with Gasteiger partial charge < -0.3 is 20.1 Å². The fraction of sp³-hybridized carbons (Fsp3) is 0.538. The number of nitrogens with zero attached hydrogens (tertiary/aromatic N) is 1. The normalized spacial score (nSPS) is 30.6. The van der Waals surface area contributed by atoms with E-state index in [1.165, 1.54) is 12.6 Å². The summed E-state index contributed by atoms with van der Waals surface area (Å²) in [5.74, 6) is 1.04. The van der Waals surface area contributed by atoms with Gasteiger partial charge in [-0.1, -0.05) is 0 Å². The van der Waals surface area contributed by atoms with Crippen LogP contribution >= 0.6 is 0 Å². The molecule has 4 rings (SSSR count). The molecule has 6 nitrogen and oxygen atoms in total. The molecule has 19 heavy (non-hydrogen) atoms. The molecule has 1 amide bonds. The third-order valence-electron chi connectivity index (χ3n) is 4.11. The molecule has 2 saturated heterocycles. The van der Waals surface area contributed by atoms with E-state index in [0.29, 0.717) is 29.3 Å². The van der Waals surface area contributed by atoms with Gasteiger partial charge in [0.15, 0.2) is 11.5 Å². The van der Waals surface area contributed by atoms with E-state index in [1.54, 1.807) is 6.07 Å². The summed E-state index contributed by atoms with van der Waals surface area (Å²) in [5.41, 5.74) is 0.382. The van der Waals surface area contributed by atoms with Crippen molar-refractivity contribution in [1.29, 1.82) is 0 Å². The Morgan fingerprint density at radius 2 is 2.26 bits per heavy atom. The number of nitrogens with one attached hydrogen (secondary N) is 2. The van der Waals surface area contributed by atoms with Crippen molar-refractivity contribution in [3.63, 3.8) is 0 Å². The Hall–Kier alpha value is -1.82. The highest BCUT2D eigenvalue weighted by molar-refractivity contribution is 5.93. The second kappa shape index (κ2) is 4.09. The summed E-state index contributed by atoms with van der Waals surface area (Å²) in [6.45, 7) is 0.193. The molecule has 2 bridgehead atoms. The highest BCUT2D eigenvalue weighted by Gasteiger charge is 2.39. The van der Waals surface area contributed by atoms with Crippen LogP contribution in [-0.4, -0.2) is 35.8 Å². The first-order valence-corrected chi connectivity index (χ1v) is 6.62. The van der Waals surface area contributed by atoms with Gasteiger partial charge >= 0.3 is 0 Å². The van der Waals surface area contributed by atoms with Crippen molar-refractivity contribution < 1.29 is 14.3 Å². The van der Waals surface area contributed by atoms with Crippen LogP contribution in [0, 0.1) is 0 Å². The van der Waals surface area contributed by atoms with Crippen LogP contribution in [0.4, 0.5) is 0 Å². The summed E-state index contributed by atoms with van der Waals surface area (Å²) in [6, 6.07) is 2.85. The van der Waals surface area contributed by atoms with Crippen LogP contribution in [0.3, 0.4) is 0 Å². The number of carbonyl (C=O) groups is 1. The van der Waals surface area contributed by atoms with Crippen LogP contribution in [0.25, 0.3) is 0 Å². The minimum Gasteiger partial charge on any atom is -0.453 e. The zero-order valence-corrected chi connectivity index (χ0v) is 10.4. The van der Waals surface area contributed by atoms with E-state index < -0.39 is 0 Å². The standard InChI is InChI=1S/C13H15N3O3/c17-13(16-9-3-7-1-2-8(9)15-7)10-4-11-12(5-14-10)19-6-18-11/h4-5,7-9,15H,1-3,6H2,(H,16,17). The lowest BCUT2D eigenvalue weighted by Gasteiger charge is -2.21. The summed E-state index contributed by atoms with van der Waals surface area (Å²) in [4.78, 5) is 16.3. The minimum absolute atomic E-state index is 0.141. The number of rotatable bonds is 2. The molecule has 3 aliphatic rings. The van der Waals surface area contributed by atoms with Crippen molar-refractivity contribution in [1.82, 2.24) is 15.6 Å². The molecule has 0 radical (unpaired) electrons. The van der Waals surface area contributed by atoms with Gasteiger partial charge in [-0.2, -0.15) is 0 Å². The van der Waals surface area contributed by atoms with Crippen LogP contribution < -0.4 is 20.1 Å². The first-order chi connectivity index (χ1) is 9.29. The Morgan fingerprint density at radius 3 is 3.05 bits per heavy atom. The Labute approximate surface area is 110 Å². The molecular formula is C13H15N3O3. The van der Waals surface area contributed by atoms with Crippen molar-refractivity contribution in [2.75, 3.05) is 6.79 Å². The van der Waals surface area contributed by atoms with Gasteiger partial charge in [-0.25, -0.2) is 4.98 Å². The van der Waals surface area contributed by atoms with Gasteiger partial charge in [-0.15, -0.1) is 0 Å². The number of ether oxygens (including phenoxy) is 2. The van der Waals surface area contributed by atoms with Crippen molar-refractivity contribution >= 4 is 5.91 Å². The molecule has 2 fully saturated rings. The number of aromatic nitrogens is 1. The maximum Gasteiger partial charge on any atom is 0.270 e. The van der Waals surface area contributed by atoms with Crippen LogP contribution in [0.15, 0.2) is 12.3 Å². The third-order valence-corrected chi connectivity index (χ3v) is 4.11. The summed E-state index contributed by atoms with van der Waals surface area (Å²) < 4.78 is 10.4. The van der Waals surface area contributed by atoms with Gasteiger partial charge in [0.25, 0.3) is 5.91 Å². The Balaban J connectivity index is 1.48. The minimum atomic E-state index is -0.141. The monoisotopic (exact) mass is 261 g/mol. The molecule has 1 aromatic rings. The maximum absolute atomic E-state index is 12.2. The van der Waals surface area contributed by atoms with E-state index in [9.17, 15) is 4.79 Å². The van der Waals surface area contributed by atoms with E-state index in [-0.39, 0.29) is 18.7 Å². The summed E-state index contributed by atoms with van der Waals surface area (Å²) >= 11 is 0. The summed E-state index contributed by atoms with van der Waals surface area (Å²) in [7, 11) is 0. The van der Waals surface area contributed by atoms with Crippen LogP contribution in [0.2, 0.25) is 0 Å². The molecule has 4 heterocycles. The van der Waals surface area contributed by atoms with Crippen LogP contribution in [0.5, 0.6) is 11.5 Å². The molecule has 100 valence electrons. The molecule has 0 saturated carbocycles. The fourth-order valence-electron chi connectivity index (χ4n) is 3.15. The number of carbonyl (C=O) groups excluding carboxylic acids is 1. The highest BCUT2D eigenvalue weighted by Crippen LogP contribution is 2.32. The average Bonchev–Trinajstić information content (AvgIpc) is 3.13. The zero-order chi connectivity index (χ0) is 12.8. The lowest BCUT2D eigenvalue weighted by Crippen LogP contribution is -2.43. The highest BCUT2D eigenvalue weighted by atomic mass is 16.7. The van der Waals surface area contributed by atoms with Gasteiger partial charge in [0.1, 0.15) is 5.69 Å². The van der Waals surface area contributed by atoms with Crippen molar-refractivity contribution in [2.45, 2.75) is 37.4 Å². The molecule has 0 aliphatic carbocycles. The SMILES string of the molecule is O=C(NC1CC2CCC1N2)c1cc2c(cn1)OCO2. The largest absolute Gasteiger partial charge is 0.453 e. The van der Waals surface area contributed by atoms with Gasteiger partial charge in [-0.3, -0.25) is 4.79 Å². The molecule has 0 aromatic carbocycles. The van der Waals surface area contributed by atoms with E-state index in [4.69, 9.17) is 9.47 Å². The van der Waals surface area contributed by atoms with Gasteiger partial charge in [-0.05, 0) is 19.3 Å². The Morgan fingerprint density at radius 1 is 1.37 bits per heavy atom. The lowest BCUT2D eigenvalue weighted by atomic mass is 9.95. The van der Waals surface area contributed by atoms with Crippen LogP contribution in [0.1, 0.15) is 29.8 Å². The maximum atomic E-state index is 12.2. The predicted molar refractivity (Wildman–Crippen MR) is 66.2 cm³/mol. The van der Waals surface area contributed by atoms with Gasteiger partial charge in [0.05, 0.1) is 6.20 Å². The zero-order valence-electron chi connectivity index (χ0n) is 10.4. The molecule has 3 unspecified atom stereocenters. The number of amides is 1. The molecule has 3 aliphatic heterocycles. The first kappa shape index (κ1) is 11.0. The molecule has 6 heteroatoms. The molecular weight excluding hydrogens is 246 g/mol. The van der Waals surface area contributed by atoms with E-state index >= 15 is 0 Å². The molecule has 1 aromatic heterocycles. The summed E-state index contributed by atoms with van der Waals surface area (Å²) in [6.07, 6.45) is 4.92. The number of hydrogen-bond acceptors (Lipinski definition) is 5. The second-order valence-corrected chi connectivity index (χ2v) is 5.29.